The largest absolute Gasteiger partial charge is 0.415 e. The van der Waals surface area contributed by atoms with Gasteiger partial charge in [-0.25, -0.2) is 4.79 Å². The van der Waals surface area contributed by atoms with Crippen LogP contribution in [-0.4, -0.2) is 37.2 Å². The Kier molecular flexibility index (Phi) is 3.79. The summed E-state index contributed by atoms with van der Waals surface area (Å²) >= 11 is 3.33. The number of benzene rings is 1. The van der Waals surface area contributed by atoms with E-state index in [-0.39, 0.29) is 6.09 Å². The van der Waals surface area contributed by atoms with Crippen LogP contribution in [0.2, 0.25) is 0 Å². The molecule has 1 saturated heterocycles. The van der Waals surface area contributed by atoms with Crippen molar-refractivity contribution in [1.29, 1.82) is 0 Å². The molecule has 0 aromatic heterocycles. The average Bonchev–Trinajstić information content (AvgIpc) is 2.30. The summed E-state index contributed by atoms with van der Waals surface area (Å²) in [5, 5.41) is 3.19. The van der Waals surface area contributed by atoms with Crippen LogP contribution in [0.1, 0.15) is 0 Å². The molecule has 1 amide bonds. The molecule has 0 saturated carbocycles. The Morgan fingerprint density at radius 1 is 1.38 bits per heavy atom. The number of amides is 1. The molecule has 2 rings (SSSR count). The van der Waals surface area contributed by atoms with Gasteiger partial charge >= 0.3 is 6.09 Å². The molecule has 86 valence electrons. The number of hydrogen-bond donors (Lipinski definition) is 1. The van der Waals surface area contributed by atoms with Crippen LogP contribution in [0.25, 0.3) is 0 Å². The van der Waals surface area contributed by atoms with Gasteiger partial charge in [0.2, 0.25) is 0 Å². The average molecular weight is 285 g/mol. The third-order valence-corrected chi connectivity index (χ3v) is 2.87. The van der Waals surface area contributed by atoms with E-state index in [0.29, 0.717) is 18.8 Å². The summed E-state index contributed by atoms with van der Waals surface area (Å²) in [6.07, 6.45) is -0.278. The molecule has 1 fully saturated rings. The zero-order chi connectivity index (χ0) is 11.4. The topological polar surface area (TPSA) is 41.6 Å². The first-order chi connectivity index (χ1) is 7.75. The van der Waals surface area contributed by atoms with Crippen molar-refractivity contribution in [2.24, 2.45) is 0 Å². The molecule has 0 unspecified atom stereocenters. The normalized spacial score (nSPS) is 15.9. The van der Waals surface area contributed by atoms with Gasteiger partial charge in [0.1, 0.15) is 5.75 Å². The van der Waals surface area contributed by atoms with Gasteiger partial charge in [0.25, 0.3) is 0 Å². The number of piperazine rings is 1. The van der Waals surface area contributed by atoms with Crippen LogP contribution >= 0.6 is 15.9 Å². The molecule has 0 radical (unpaired) electrons. The summed E-state index contributed by atoms with van der Waals surface area (Å²) in [5.74, 6) is 0.568. The van der Waals surface area contributed by atoms with Crippen LogP contribution in [-0.2, 0) is 0 Å². The summed E-state index contributed by atoms with van der Waals surface area (Å²) in [6.45, 7) is 3.06. The Morgan fingerprint density at radius 3 is 2.81 bits per heavy atom. The summed E-state index contributed by atoms with van der Waals surface area (Å²) < 4.78 is 6.16. The van der Waals surface area contributed by atoms with Crippen molar-refractivity contribution >= 4 is 22.0 Å². The molecule has 1 aromatic rings. The Balaban J connectivity index is 1.96. The molecule has 4 nitrogen and oxygen atoms in total. The molecule has 0 bridgehead atoms. The fraction of sp³-hybridized carbons (Fsp3) is 0.364. The van der Waals surface area contributed by atoms with Crippen molar-refractivity contribution in [1.82, 2.24) is 10.2 Å². The first-order valence-corrected chi connectivity index (χ1v) is 5.98. The van der Waals surface area contributed by atoms with E-state index in [0.717, 1.165) is 17.6 Å². The first-order valence-electron chi connectivity index (χ1n) is 5.19. The summed E-state index contributed by atoms with van der Waals surface area (Å²) in [6, 6.07) is 7.28. The maximum absolute atomic E-state index is 11.7. The SMILES string of the molecule is O=C(Oc1cccc(Br)c1)N1CCNCC1. The highest BCUT2D eigenvalue weighted by Gasteiger charge is 2.17. The first kappa shape index (κ1) is 11.4. The summed E-state index contributed by atoms with van der Waals surface area (Å²) in [4.78, 5) is 13.4. The van der Waals surface area contributed by atoms with E-state index >= 15 is 0 Å². The molecule has 1 aromatic carbocycles. The standard InChI is InChI=1S/C11H13BrN2O2/c12-9-2-1-3-10(8-9)16-11(15)14-6-4-13-5-7-14/h1-3,8,13H,4-7H2. The summed E-state index contributed by atoms with van der Waals surface area (Å²) in [5.41, 5.74) is 0. The van der Waals surface area contributed by atoms with E-state index in [1.54, 1.807) is 17.0 Å². The molecule has 16 heavy (non-hydrogen) atoms. The van der Waals surface area contributed by atoms with Gasteiger partial charge in [-0.15, -0.1) is 0 Å². The molecule has 1 aliphatic heterocycles. The molecular formula is C11H13BrN2O2. The molecule has 0 atom stereocenters. The molecule has 1 aliphatic rings. The molecule has 1 N–H and O–H groups in total. The maximum Gasteiger partial charge on any atom is 0.415 e. The molecule has 0 aliphatic carbocycles. The van der Waals surface area contributed by atoms with Crippen LogP contribution in [0.3, 0.4) is 0 Å². The van der Waals surface area contributed by atoms with Crippen molar-refractivity contribution in [3.63, 3.8) is 0 Å². The monoisotopic (exact) mass is 284 g/mol. The van der Waals surface area contributed by atoms with Gasteiger partial charge in [0, 0.05) is 30.7 Å². The quantitative estimate of drug-likeness (QED) is 0.856. The van der Waals surface area contributed by atoms with E-state index in [1.165, 1.54) is 0 Å². The second-order valence-electron chi connectivity index (χ2n) is 3.56. The van der Waals surface area contributed by atoms with Crippen LogP contribution < -0.4 is 10.1 Å². The van der Waals surface area contributed by atoms with E-state index < -0.39 is 0 Å². The molecular weight excluding hydrogens is 272 g/mol. The second-order valence-corrected chi connectivity index (χ2v) is 4.48. The molecule has 0 spiro atoms. The zero-order valence-electron chi connectivity index (χ0n) is 8.78. The van der Waals surface area contributed by atoms with E-state index in [9.17, 15) is 4.79 Å². The summed E-state index contributed by atoms with van der Waals surface area (Å²) in [7, 11) is 0. The predicted octanol–water partition coefficient (Wildman–Crippen LogP) is 1.85. The minimum atomic E-state index is -0.278. The lowest BCUT2D eigenvalue weighted by atomic mass is 10.3. The van der Waals surface area contributed by atoms with Gasteiger partial charge in [-0.2, -0.15) is 0 Å². The van der Waals surface area contributed by atoms with Gasteiger partial charge in [-0.3, -0.25) is 0 Å². The van der Waals surface area contributed by atoms with E-state index in [4.69, 9.17) is 4.74 Å². The Labute approximate surface area is 103 Å². The van der Waals surface area contributed by atoms with Crippen LogP contribution in [0, 0.1) is 0 Å². The Hall–Kier alpha value is -1.07. The fourth-order valence-corrected chi connectivity index (χ4v) is 1.92. The fourth-order valence-electron chi connectivity index (χ4n) is 1.54. The van der Waals surface area contributed by atoms with Crippen LogP contribution in [0.5, 0.6) is 5.75 Å². The van der Waals surface area contributed by atoms with Gasteiger partial charge in [-0.05, 0) is 18.2 Å². The van der Waals surface area contributed by atoms with Crippen molar-refractivity contribution in [2.75, 3.05) is 26.2 Å². The van der Waals surface area contributed by atoms with Crippen molar-refractivity contribution < 1.29 is 9.53 Å². The Bertz CT molecular complexity index is 378. The highest BCUT2D eigenvalue weighted by atomic mass is 79.9. The number of halogens is 1. The third kappa shape index (κ3) is 2.96. The lowest BCUT2D eigenvalue weighted by Gasteiger charge is -2.26. The van der Waals surface area contributed by atoms with Gasteiger partial charge < -0.3 is 15.0 Å². The molecule has 5 heteroatoms. The number of nitrogens with one attached hydrogen (secondary N) is 1. The maximum atomic E-state index is 11.7. The number of ether oxygens (including phenoxy) is 1. The van der Waals surface area contributed by atoms with Gasteiger partial charge in [-0.1, -0.05) is 22.0 Å². The lowest BCUT2D eigenvalue weighted by molar-refractivity contribution is 0.146. The third-order valence-electron chi connectivity index (χ3n) is 2.38. The minimum absolute atomic E-state index is 0.278. The van der Waals surface area contributed by atoms with Gasteiger partial charge in [0.15, 0.2) is 0 Å². The number of hydrogen-bond acceptors (Lipinski definition) is 3. The lowest BCUT2D eigenvalue weighted by Crippen LogP contribution is -2.47. The van der Waals surface area contributed by atoms with Crippen molar-refractivity contribution in [3.8, 4) is 5.75 Å². The number of rotatable bonds is 1. The van der Waals surface area contributed by atoms with E-state index in [2.05, 4.69) is 21.2 Å². The highest BCUT2D eigenvalue weighted by Crippen LogP contribution is 2.18. The second kappa shape index (κ2) is 5.32. The molecule has 1 heterocycles. The van der Waals surface area contributed by atoms with Crippen LogP contribution in [0.15, 0.2) is 28.7 Å². The van der Waals surface area contributed by atoms with Crippen molar-refractivity contribution in [3.05, 3.63) is 28.7 Å². The van der Waals surface area contributed by atoms with Gasteiger partial charge in [0.05, 0.1) is 0 Å². The number of nitrogens with zero attached hydrogens (tertiary/aromatic N) is 1. The minimum Gasteiger partial charge on any atom is -0.410 e. The number of carbonyl (C=O) groups is 1. The van der Waals surface area contributed by atoms with Crippen molar-refractivity contribution in [2.45, 2.75) is 0 Å². The Morgan fingerprint density at radius 2 is 2.12 bits per heavy atom. The van der Waals surface area contributed by atoms with E-state index in [1.807, 2.05) is 12.1 Å². The number of carbonyl (C=O) groups excluding carboxylic acids is 1. The zero-order valence-corrected chi connectivity index (χ0v) is 10.4. The van der Waals surface area contributed by atoms with Crippen LogP contribution in [0.4, 0.5) is 4.79 Å². The smallest absolute Gasteiger partial charge is 0.410 e. The predicted molar refractivity (Wildman–Crippen MR) is 64.6 cm³/mol. The highest BCUT2D eigenvalue weighted by molar-refractivity contribution is 9.10.